The van der Waals surface area contributed by atoms with Crippen molar-refractivity contribution in [1.29, 1.82) is 0 Å². The molecular formula is C15H15NO3. The Kier molecular flexibility index (Phi) is 4.13. The number of carbonyl (C=O) groups is 1. The van der Waals surface area contributed by atoms with E-state index in [4.69, 9.17) is 4.74 Å². The number of carbonyl (C=O) groups excluding carboxylic acids is 1. The summed E-state index contributed by atoms with van der Waals surface area (Å²) in [6, 6.07) is 9.41. The second-order valence-corrected chi connectivity index (χ2v) is 3.91. The zero-order valence-corrected chi connectivity index (χ0v) is 10.9. The van der Waals surface area contributed by atoms with Gasteiger partial charge in [-0.15, -0.1) is 0 Å². The first-order valence-corrected chi connectivity index (χ1v) is 6.01. The molecule has 0 aliphatic heterocycles. The monoisotopic (exact) mass is 257 g/mol. The van der Waals surface area contributed by atoms with Gasteiger partial charge in [0, 0.05) is 18.0 Å². The summed E-state index contributed by atoms with van der Waals surface area (Å²) in [5, 5.41) is 0. The fourth-order valence-corrected chi connectivity index (χ4v) is 1.74. The van der Waals surface area contributed by atoms with E-state index in [-0.39, 0.29) is 5.97 Å². The fraction of sp³-hybridized carbons (Fsp3) is 0.200. The quantitative estimate of drug-likeness (QED) is 0.790. The van der Waals surface area contributed by atoms with Gasteiger partial charge in [0.1, 0.15) is 5.75 Å². The van der Waals surface area contributed by atoms with Crippen LogP contribution in [0.1, 0.15) is 17.3 Å². The molecule has 0 aliphatic rings. The molecule has 0 aliphatic carbocycles. The lowest BCUT2D eigenvalue weighted by molar-refractivity contribution is 0.0600. The van der Waals surface area contributed by atoms with Gasteiger partial charge in [0.2, 0.25) is 0 Å². The molecule has 0 spiro atoms. The predicted octanol–water partition coefficient (Wildman–Crippen LogP) is 2.93. The van der Waals surface area contributed by atoms with Gasteiger partial charge in [-0.3, -0.25) is 4.98 Å². The van der Waals surface area contributed by atoms with Crippen molar-refractivity contribution in [3.05, 3.63) is 48.3 Å². The molecule has 0 unspecified atom stereocenters. The Labute approximate surface area is 112 Å². The zero-order chi connectivity index (χ0) is 13.7. The van der Waals surface area contributed by atoms with Crippen LogP contribution in [0.2, 0.25) is 0 Å². The smallest absolute Gasteiger partial charge is 0.339 e. The number of hydrogen-bond acceptors (Lipinski definition) is 4. The third-order valence-corrected chi connectivity index (χ3v) is 2.66. The summed E-state index contributed by atoms with van der Waals surface area (Å²) in [5.41, 5.74) is 2.28. The summed E-state index contributed by atoms with van der Waals surface area (Å²) < 4.78 is 10.1. The SMILES string of the molecule is CCOc1ccc(-c2cncc(C(=O)OC)c2)cc1. The first-order valence-electron chi connectivity index (χ1n) is 6.01. The molecule has 0 amide bonds. The fourth-order valence-electron chi connectivity index (χ4n) is 1.74. The van der Waals surface area contributed by atoms with Crippen LogP contribution in [0.4, 0.5) is 0 Å². The van der Waals surface area contributed by atoms with Gasteiger partial charge in [0.25, 0.3) is 0 Å². The number of ether oxygens (including phenoxy) is 2. The van der Waals surface area contributed by atoms with Gasteiger partial charge in [0.15, 0.2) is 0 Å². The lowest BCUT2D eigenvalue weighted by Gasteiger charge is -2.06. The van der Waals surface area contributed by atoms with E-state index in [1.54, 1.807) is 12.3 Å². The zero-order valence-electron chi connectivity index (χ0n) is 10.9. The van der Waals surface area contributed by atoms with E-state index in [0.29, 0.717) is 12.2 Å². The molecule has 1 aromatic carbocycles. The summed E-state index contributed by atoms with van der Waals surface area (Å²) in [6.45, 7) is 2.58. The van der Waals surface area contributed by atoms with Crippen LogP contribution in [-0.2, 0) is 4.74 Å². The van der Waals surface area contributed by atoms with Gasteiger partial charge in [-0.25, -0.2) is 4.79 Å². The highest BCUT2D eigenvalue weighted by Gasteiger charge is 2.07. The first kappa shape index (κ1) is 13.1. The number of aromatic nitrogens is 1. The molecule has 0 atom stereocenters. The van der Waals surface area contributed by atoms with Crippen molar-refractivity contribution >= 4 is 5.97 Å². The number of pyridine rings is 1. The maximum Gasteiger partial charge on any atom is 0.339 e. The Balaban J connectivity index is 2.28. The van der Waals surface area contributed by atoms with Gasteiger partial charge < -0.3 is 9.47 Å². The number of esters is 1. The molecular weight excluding hydrogens is 242 g/mol. The molecule has 1 heterocycles. The summed E-state index contributed by atoms with van der Waals surface area (Å²) in [4.78, 5) is 15.5. The van der Waals surface area contributed by atoms with Crippen molar-refractivity contribution in [1.82, 2.24) is 4.98 Å². The Morgan fingerprint density at radius 1 is 1.16 bits per heavy atom. The van der Waals surface area contributed by atoms with Crippen molar-refractivity contribution in [3.8, 4) is 16.9 Å². The molecule has 0 N–H and O–H groups in total. The highest BCUT2D eigenvalue weighted by atomic mass is 16.5. The molecule has 2 aromatic rings. The second kappa shape index (κ2) is 6.00. The van der Waals surface area contributed by atoms with E-state index < -0.39 is 0 Å². The van der Waals surface area contributed by atoms with Gasteiger partial charge in [-0.05, 0) is 30.7 Å². The largest absolute Gasteiger partial charge is 0.494 e. The average Bonchev–Trinajstić information content (AvgIpc) is 2.48. The van der Waals surface area contributed by atoms with Crippen LogP contribution in [0.5, 0.6) is 5.75 Å². The Morgan fingerprint density at radius 2 is 1.89 bits per heavy atom. The molecule has 1 aromatic heterocycles. The minimum atomic E-state index is -0.389. The van der Waals surface area contributed by atoms with Gasteiger partial charge in [-0.2, -0.15) is 0 Å². The number of methoxy groups -OCH3 is 1. The van der Waals surface area contributed by atoms with E-state index in [1.165, 1.54) is 13.3 Å². The lowest BCUT2D eigenvalue weighted by Crippen LogP contribution is -2.01. The highest BCUT2D eigenvalue weighted by molar-refractivity contribution is 5.90. The van der Waals surface area contributed by atoms with Crippen molar-refractivity contribution < 1.29 is 14.3 Å². The van der Waals surface area contributed by atoms with Crippen molar-refractivity contribution in [2.45, 2.75) is 6.92 Å². The summed E-state index contributed by atoms with van der Waals surface area (Å²) in [7, 11) is 1.35. The topological polar surface area (TPSA) is 48.4 Å². The molecule has 4 heteroatoms. The summed E-state index contributed by atoms with van der Waals surface area (Å²) in [5.74, 6) is 0.434. The maximum atomic E-state index is 11.5. The molecule has 98 valence electrons. The molecule has 0 radical (unpaired) electrons. The van der Waals surface area contributed by atoms with Crippen LogP contribution < -0.4 is 4.74 Å². The van der Waals surface area contributed by atoms with E-state index in [2.05, 4.69) is 9.72 Å². The molecule has 0 bridgehead atoms. The molecule has 19 heavy (non-hydrogen) atoms. The standard InChI is InChI=1S/C15H15NO3/c1-3-19-14-6-4-11(5-7-14)12-8-13(10-16-9-12)15(17)18-2/h4-10H,3H2,1-2H3. The van der Waals surface area contributed by atoms with Crippen LogP contribution in [-0.4, -0.2) is 24.7 Å². The predicted molar refractivity (Wildman–Crippen MR) is 72.2 cm³/mol. The molecule has 4 nitrogen and oxygen atoms in total. The Bertz CT molecular complexity index is 564. The van der Waals surface area contributed by atoms with E-state index >= 15 is 0 Å². The second-order valence-electron chi connectivity index (χ2n) is 3.91. The lowest BCUT2D eigenvalue weighted by atomic mass is 10.1. The van der Waals surface area contributed by atoms with Crippen molar-refractivity contribution in [2.24, 2.45) is 0 Å². The van der Waals surface area contributed by atoms with Crippen molar-refractivity contribution in [2.75, 3.05) is 13.7 Å². The van der Waals surface area contributed by atoms with Gasteiger partial charge in [0.05, 0.1) is 19.3 Å². The van der Waals surface area contributed by atoms with Gasteiger partial charge >= 0.3 is 5.97 Å². The maximum absolute atomic E-state index is 11.5. The molecule has 2 rings (SSSR count). The summed E-state index contributed by atoms with van der Waals surface area (Å²) >= 11 is 0. The minimum absolute atomic E-state index is 0.389. The molecule has 0 fully saturated rings. The Morgan fingerprint density at radius 3 is 2.53 bits per heavy atom. The van der Waals surface area contributed by atoms with Crippen LogP contribution >= 0.6 is 0 Å². The number of nitrogens with zero attached hydrogens (tertiary/aromatic N) is 1. The third-order valence-electron chi connectivity index (χ3n) is 2.66. The Hall–Kier alpha value is -2.36. The van der Waals surface area contributed by atoms with E-state index in [0.717, 1.165) is 16.9 Å². The van der Waals surface area contributed by atoms with E-state index in [1.807, 2.05) is 31.2 Å². The van der Waals surface area contributed by atoms with Crippen LogP contribution in [0.3, 0.4) is 0 Å². The van der Waals surface area contributed by atoms with Gasteiger partial charge in [-0.1, -0.05) is 12.1 Å². The third kappa shape index (κ3) is 3.10. The van der Waals surface area contributed by atoms with Crippen LogP contribution in [0.25, 0.3) is 11.1 Å². The summed E-state index contributed by atoms with van der Waals surface area (Å²) in [6.07, 6.45) is 3.20. The molecule has 0 saturated carbocycles. The highest BCUT2D eigenvalue weighted by Crippen LogP contribution is 2.22. The normalized spacial score (nSPS) is 10.0. The number of benzene rings is 1. The average molecular weight is 257 g/mol. The number of rotatable bonds is 4. The first-order chi connectivity index (χ1) is 9.24. The number of hydrogen-bond donors (Lipinski definition) is 0. The van der Waals surface area contributed by atoms with Crippen LogP contribution in [0.15, 0.2) is 42.7 Å². The van der Waals surface area contributed by atoms with Crippen molar-refractivity contribution in [3.63, 3.8) is 0 Å². The van der Waals surface area contributed by atoms with E-state index in [9.17, 15) is 4.79 Å². The van der Waals surface area contributed by atoms with Crippen LogP contribution in [0, 0.1) is 0 Å². The molecule has 0 saturated heterocycles. The minimum Gasteiger partial charge on any atom is -0.494 e.